The summed E-state index contributed by atoms with van der Waals surface area (Å²) in [5, 5.41) is 0. The van der Waals surface area contributed by atoms with Gasteiger partial charge >= 0.3 is 0 Å². The van der Waals surface area contributed by atoms with Crippen LogP contribution >= 0.6 is 0 Å². The van der Waals surface area contributed by atoms with Crippen LogP contribution in [-0.4, -0.2) is 40.2 Å². The molecule has 2 aliphatic rings. The van der Waals surface area contributed by atoms with Crippen molar-refractivity contribution in [2.24, 2.45) is 0 Å². The molecule has 0 bridgehead atoms. The predicted molar refractivity (Wildman–Crippen MR) is 105 cm³/mol. The van der Waals surface area contributed by atoms with Crippen LogP contribution in [0.2, 0.25) is 0 Å². The molecule has 0 unspecified atom stereocenters. The Bertz CT molecular complexity index is 903. The largest absolute Gasteiger partial charge is 0.338 e. The molecule has 2 aromatic carbocycles. The standard InChI is InChI=1S/C23H25FN2O2/c1-17-6-2-4-8-19(17)22(28)25-14-12-23(13-15-25)11-10-21(27)26(23)16-18-7-3-5-9-20(18)24/h2-9H,10-16H2,1H3. The lowest BCUT2D eigenvalue weighted by molar-refractivity contribution is -0.133. The van der Waals surface area contributed by atoms with Crippen molar-refractivity contribution >= 4 is 11.8 Å². The number of amides is 2. The van der Waals surface area contributed by atoms with Crippen LogP contribution in [0.25, 0.3) is 0 Å². The third kappa shape index (κ3) is 3.30. The molecule has 2 saturated heterocycles. The van der Waals surface area contributed by atoms with Gasteiger partial charge in [0, 0.05) is 42.7 Å². The topological polar surface area (TPSA) is 40.6 Å². The first kappa shape index (κ1) is 18.7. The van der Waals surface area contributed by atoms with Crippen LogP contribution in [-0.2, 0) is 11.3 Å². The molecule has 2 amide bonds. The maximum Gasteiger partial charge on any atom is 0.254 e. The Morgan fingerprint density at radius 3 is 2.43 bits per heavy atom. The monoisotopic (exact) mass is 380 g/mol. The molecule has 0 atom stereocenters. The fourth-order valence-corrected chi connectivity index (χ4v) is 4.56. The van der Waals surface area contributed by atoms with Crippen molar-refractivity contribution in [1.82, 2.24) is 9.80 Å². The van der Waals surface area contributed by atoms with Gasteiger partial charge in [-0.1, -0.05) is 36.4 Å². The number of hydrogen-bond acceptors (Lipinski definition) is 2. The van der Waals surface area contributed by atoms with E-state index in [2.05, 4.69) is 0 Å². The fourth-order valence-electron chi connectivity index (χ4n) is 4.56. The number of carbonyl (C=O) groups excluding carboxylic acids is 2. The van der Waals surface area contributed by atoms with Gasteiger partial charge in [0.2, 0.25) is 5.91 Å². The molecule has 2 heterocycles. The molecule has 146 valence electrons. The Balaban J connectivity index is 1.49. The highest BCUT2D eigenvalue weighted by atomic mass is 19.1. The smallest absolute Gasteiger partial charge is 0.254 e. The van der Waals surface area contributed by atoms with Gasteiger partial charge in [-0.05, 0) is 43.9 Å². The molecule has 2 fully saturated rings. The number of hydrogen-bond donors (Lipinski definition) is 0. The van der Waals surface area contributed by atoms with Gasteiger partial charge in [-0.25, -0.2) is 4.39 Å². The molecule has 4 nitrogen and oxygen atoms in total. The zero-order valence-corrected chi connectivity index (χ0v) is 16.2. The molecule has 2 aliphatic heterocycles. The summed E-state index contributed by atoms with van der Waals surface area (Å²) >= 11 is 0. The SMILES string of the molecule is Cc1ccccc1C(=O)N1CCC2(CCC(=O)N2Cc2ccccc2F)CC1. The number of aryl methyl sites for hydroxylation is 1. The molecular weight excluding hydrogens is 355 g/mol. The lowest BCUT2D eigenvalue weighted by Gasteiger charge is -2.45. The lowest BCUT2D eigenvalue weighted by atomic mass is 9.84. The van der Waals surface area contributed by atoms with Gasteiger partial charge in [-0.15, -0.1) is 0 Å². The summed E-state index contributed by atoms with van der Waals surface area (Å²) in [6.45, 7) is 3.49. The Labute approximate surface area is 164 Å². The Morgan fingerprint density at radius 1 is 1.04 bits per heavy atom. The summed E-state index contributed by atoms with van der Waals surface area (Å²) < 4.78 is 14.1. The van der Waals surface area contributed by atoms with E-state index in [0.29, 0.717) is 31.6 Å². The van der Waals surface area contributed by atoms with E-state index in [1.165, 1.54) is 6.07 Å². The van der Waals surface area contributed by atoms with Crippen molar-refractivity contribution in [1.29, 1.82) is 0 Å². The molecule has 0 aliphatic carbocycles. The van der Waals surface area contributed by atoms with Gasteiger partial charge < -0.3 is 9.80 Å². The average Bonchev–Trinajstić information content (AvgIpc) is 3.00. The molecule has 0 saturated carbocycles. The van der Waals surface area contributed by atoms with Crippen LogP contribution in [0.5, 0.6) is 0 Å². The maximum absolute atomic E-state index is 14.1. The summed E-state index contributed by atoms with van der Waals surface area (Å²) in [5.74, 6) is -0.135. The first-order valence-corrected chi connectivity index (χ1v) is 9.89. The second-order valence-corrected chi connectivity index (χ2v) is 7.90. The average molecular weight is 380 g/mol. The molecule has 2 aromatic rings. The van der Waals surface area contributed by atoms with Crippen molar-refractivity contribution in [3.63, 3.8) is 0 Å². The summed E-state index contributed by atoms with van der Waals surface area (Å²) in [6, 6.07) is 14.3. The molecule has 4 rings (SSSR count). The van der Waals surface area contributed by atoms with Gasteiger partial charge in [0.05, 0.1) is 0 Å². The number of rotatable bonds is 3. The minimum Gasteiger partial charge on any atom is -0.338 e. The summed E-state index contributed by atoms with van der Waals surface area (Å²) in [7, 11) is 0. The third-order valence-corrected chi connectivity index (χ3v) is 6.32. The normalized spacial score (nSPS) is 18.7. The predicted octanol–water partition coefficient (Wildman–Crippen LogP) is 3.93. The maximum atomic E-state index is 14.1. The van der Waals surface area contributed by atoms with E-state index < -0.39 is 0 Å². The number of piperidine rings is 1. The molecule has 0 radical (unpaired) electrons. The quantitative estimate of drug-likeness (QED) is 0.809. The second kappa shape index (κ2) is 7.38. The van der Waals surface area contributed by atoms with Crippen LogP contribution in [0, 0.1) is 12.7 Å². The van der Waals surface area contributed by atoms with E-state index in [4.69, 9.17) is 0 Å². The van der Waals surface area contributed by atoms with E-state index in [-0.39, 0.29) is 23.2 Å². The summed E-state index contributed by atoms with van der Waals surface area (Å²) in [4.78, 5) is 29.2. The van der Waals surface area contributed by atoms with E-state index in [9.17, 15) is 14.0 Å². The van der Waals surface area contributed by atoms with Gasteiger partial charge in [0.15, 0.2) is 0 Å². The van der Waals surface area contributed by atoms with Crippen molar-refractivity contribution < 1.29 is 14.0 Å². The van der Waals surface area contributed by atoms with Crippen LogP contribution in [0.15, 0.2) is 48.5 Å². The molecule has 0 N–H and O–H groups in total. The Hall–Kier alpha value is -2.69. The second-order valence-electron chi connectivity index (χ2n) is 7.90. The van der Waals surface area contributed by atoms with E-state index in [1.807, 2.05) is 41.0 Å². The zero-order valence-electron chi connectivity index (χ0n) is 16.2. The van der Waals surface area contributed by atoms with Crippen LogP contribution in [0.3, 0.4) is 0 Å². The minimum absolute atomic E-state index is 0.0536. The highest BCUT2D eigenvalue weighted by molar-refractivity contribution is 5.95. The first-order chi connectivity index (χ1) is 13.5. The number of nitrogens with zero attached hydrogens (tertiary/aromatic N) is 2. The van der Waals surface area contributed by atoms with Crippen molar-refractivity contribution in [3.05, 3.63) is 71.0 Å². The third-order valence-electron chi connectivity index (χ3n) is 6.32. The van der Waals surface area contributed by atoms with Gasteiger partial charge in [0.25, 0.3) is 5.91 Å². The molecule has 5 heteroatoms. The van der Waals surface area contributed by atoms with Crippen LogP contribution in [0.1, 0.15) is 47.2 Å². The first-order valence-electron chi connectivity index (χ1n) is 9.89. The van der Waals surface area contributed by atoms with Gasteiger partial charge in [-0.2, -0.15) is 0 Å². The van der Waals surface area contributed by atoms with E-state index in [1.54, 1.807) is 18.2 Å². The van der Waals surface area contributed by atoms with Gasteiger partial charge in [0.1, 0.15) is 5.82 Å². The lowest BCUT2D eigenvalue weighted by Crippen LogP contribution is -2.54. The van der Waals surface area contributed by atoms with E-state index >= 15 is 0 Å². The highest BCUT2D eigenvalue weighted by Gasteiger charge is 2.47. The van der Waals surface area contributed by atoms with Crippen LogP contribution in [0.4, 0.5) is 4.39 Å². The summed E-state index contributed by atoms with van der Waals surface area (Å²) in [5.41, 5.74) is 2.01. The number of halogens is 1. The summed E-state index contributed by atoms with van der Waals surface area (Å²) in [6.07, 6.45) is 2.77. The molecule has 0 aromatic heterocycles. The van der Waals surface area contributed by atoms with Crippen molar-refractivity contribution in [2.45, 2.75) is 44.7 Å². The fraction of sp³-hybridized carbons (Fsp3) is 0.391. The van der Waals surface area contributed by atoms with Crippen LogP contribution < -0.4 is 0 Å². The van der Waals surface area contributed by atoms with Crippen molar-refractivity contribution in [3.8, 4) is 0 Å². The Morgan fingerprint density at radius 2 is 1.71 bits per heavy atom. The van der Waals surface area contributed by atoms with E-state index in [0.717, 1.165) is 30.4 Å². The van der Waals surface area contributed by atoms with Gasteiger partial charge in [-0.3, -0.25) is 9.59 Å². The number of carbonyl (C=O) groups is 2. The Kier molecular flexibility index (Phi) is 4.92. The molecular formula is C23H25FN2O2. The highest BCUT2D eigenvalue weighted by Crippen LogP contribution is 2.40. The minimum atomic E-state index is -0.274. The number of benzene rings is 2. The van der Waals surface area contributed by atoms with Crippen molar-refractivity contribution in [2.75, 3.05) is 13.1 Å². The molecule has 28 heavy (non-hydrogen) atoms. The number of likely N-dealkylation sites (tertiary alicyclic amines) is 2. The zero-order chi connectivity index (χ0) is 19.7. The molecule has 1 spiro atoms.